The molecule has 2 rings (SSSR count). The number of aliphatic hydroxyl groups is 2. The maximum atomic E-state index is 10.2. The number of aliphatic hydroxyl groups excluding tert-OH is 2. The van der Waals surface area contributed by atoms with E-state index in [2.05, 4.69) is 27.7 Å². The Morgan fingerprint density at radius 3 is 1.19 bits per heavy atom. The third kappa shape index (κ3) is 11.3. The van der Waals surface area contributed by atoms with Crippen LogP contribution in [0.15, 0.2) is 60.7 Å². The molecule has 0 heterocycles. The first-order chi connectivity index (χ1) is 14.5. The van der Waals surface area contributed by atoms with E-state index >= 15 is 0 Å². The molecule has 2 aromatic rings. The molecule has 0 amide bonds. The van der Waals surface area contributed by atoms with E-state index in [0.29, 0.717) is 23.0 Å². The molecule has 0 saturated carbocycles. The smallest absolute Gasteiger partial charge is 0.335 e. The molecule has 3 atom stereocenters. The molecule has 0 saturated heterocycles. The summed E-state index contributed by atoms with van der Waals surface area (Å²) < 4.78 is 0. The van der Waals surface area contributed by atoms with Crippen molar-refractivity contribution in [2.75, 3.05) is 6.61 Å². The lowest BCUT2D eigenvalue weighted by Gasteiger charge is -2.33. The van der Waals surface area contributed by atoms with Crippen LogP contribution in [0, 0.1) is 23.7 Å². The molecule has 6 nitrogen and oxygen atoms in total. The molecule has 0 aliphatic heterocycles. The second-order valence-electron chi connectivity index (χ2n) is 7.99. The summed E-state index contributed by atoms with van der Waals surface area (Å²) in [6.45, 7) is 10.4. The molecule has 0 spiro atoms. The summed E-state index contributed by atoms with van der Waals surface area (Å²) in [7, 11) is 0. The van der Waals surface area contributed by atoms with Gasteiger partial charge in [0.25, 0.3) is 0 Å². The first-order valence-electron chi connectivity index (χ1n) is 10.4. The molecule has 31 heavy (non-hydrogen) atoms. The van der Waals surface area contributed by atoms with Crippen LogP contribution in [0.5, 0.6) is 0 Å². The Labute approximate surface area is 185 Å². The van der Waals surface area contributed by atoms with Crippen LogP contribution in [0.3, 0.4) is 0 Å². The van der Waals surface area contributed by atoms with Crippen molar-refractivity contribution in [2.45, 2.75) is 40.7 Å². The average molecular weight is 433 g/mol. The summed E-state index contributed by atoms with van der Waals surface area (Å²) in [5.41, 5.74) is 0.662. The Kier molecular flexibility index (Phi) is 13.8. The minimum atomic E-state index is -0.879. The van der Waals surface area contributed by atoms with Gasteiger partial charge in [0.15, 0.2) is 0 Å². The van der Waals surface area contributed by atoms with Crippen molar-refractivity contribution in [3.05, 3.63) is 71.8 Å². The number of aromatic carboxylic acids is 2. The lowest BCUT2D eigenvalue weighted by Crippen LogP contribution is -2.35. The third-order valence-corrected chi connectivity index (χ3v) is 4.93. The Morgan fingerprint density at radius 1 is 0.710 bits per heavy atom. The third-order valence-electron chi connectivity index (χ3n) is 4.93. The van der Waals surface area contributed by atoms with Crippen LogP contribution < -0.4 is 0 Å². The molecule has 0 aliphatic carbocycles. The highest BCUT2D eigenvalue weighted by Gasteiger charge is 2.29. The van der Waals surface area contributed by atoms with Gasteiger partial charge >= 0.3 is 11.9 Å². The Morgan fingerprint density at radius 2 is 1.06 bits per heavy atom. The van der Waals surface area contributed by atoms with E-state index < -0.39 is 11.9 Å². The number of rotatable bonds is 7. The van der Waals surface area contributed by atoms with Crippen molar-refractivity contribution in [1.29, 1.82) is 0 Å². The second-order valence-corrected chi connectivity index (χ2v) is 7.99. The van der Waals surface area contributed by atoms with E-state index in [1.807, 2.05) is 6.92 Å². The van der Waals surface area contributed by atoms with Crippen LogP contribution in [0.25, 0.3) is 0 Å². The quantitative estimate of drug-likeness (QED) is 0.505. The summed E-state index contributed by atoms with van der Waals surface area (Å²) in [6.07, 6.45) is -0.334. The number of hydrogen-bond acceptors (Lipinski definition) is 4. The van der Waals surface area contributed by atoms with Crippen molar-refractivity contribution in [1.82, 2.24) is 0 Å². The number of hydrogen-bond donors (Lipinski definition) is 4. The minimum absolute atomic E-state index is 0.172. The summed E-state index contributed by atoms with van der Waals surface area (Å²) in [5.74, 6) is -0.511. The fraction of sp³-hybridized carbons (Fsp3) is 0.440. The van der Waals surface area contributed by atoms with Gasteiger partial charge in [-0.15, -0.1) is 0 Å². The van der Waals surface area contributed by atoms with Gasteiger partial charge in [0, 0.05) is 6.61 Å². The normalized spacial score (nSPS) is 13.2. The van der Waals surface area contributed by atoms with Gasteiger partial charge in [0.05, 0.1) is 17.2 Å². The second kappa shape index (κ2) is 15.2. The largest absolute Gasteiger partial charge is 0.478 e. The summed E-state index contributed by atoms with van der Waals surface area (Å²) in [5, 5.41) is 35.6. The van der Waals surface area contributed by atoms with Crippen molar-refractivity contribution in [2.24, 2.45) is 23.7 Å². The van der Waals surface area contributed by atoms with Crippen LogP contribution in [-0.4, -0.2) is 45.1 Å². The van der Waals surface area contributed by atoms with Crippen LogP contribution >= 0.6 is 0 Å². The number of carboxylic acid groups (broad SMARTS) is 2. The highest BCUT2D eigenvalue weighted by molar-refractivity contribution is 5.87. The van der Waals surface area contributed by atoms with Gasteiger partial charge in [-0.1, -0.05) is 64.1 Å². The molecule has 0 fully saturated rings. The van der Waals surface area contributed by atoms with Gasteiger partial charge in [-0.2, -0.15) is 0 Å². The monoisotopic (exact) mass is 432 g/mol. The van der Waals surface area contributed by atoms with Crippen molar-refractivity contribution in [3.63, 3.8) is 0 Å². The van der Waals surface area contributed by atoms with Crippen molar-refractivity contribution < 1.29 is 30.0 Å². The Balaban J connectivity index is 0.000000445. The van der Waals surface area contributed by atoms with E-state index in [4.69, 9.17) is 10.2 Å². The Hall–Kier alpha value is -2.70. The van der Waals surface area contributed by atoms with Crippen LogP contribution in [-0.2, 0) is 0 Å². The maximum absolute atomic E-state index is 10.2. The molecular formula is C25H36O6. The maximum Gasteiger partial charge on any atom is 0.335 e. The molecule has 0 aromatic heterocycles. The van der Waals surface area contributed by atoms with Gasteiger partial charge in [-0.3, -0.25) is 0 Å². The van der Waals surface area contributed by atoms with Crippen LogP contribution in [0.4, 0.5) is 0 Å². The van der Waals surface area contributed by atoms with E-state index in [1.54, 1.807) is 60.7 Å². The SMILES string of the molecule is CC(C)C(CO)C(C(C)C)C(C)O.O=C(O)c1ccccc1.O=C(O)c1ccccc1. The number of carboxylic acids is 2. The predicted molar refractivity (Wildman–Crippen MR) is 122 cm³/mol. The van der Waals surface area contributed by atoms with Gasteiger partial charge in [0.1, 0.15) is 0 Å². The first-order valence-corrected chi connectivity index (χ1v) is 10.4. The summed E-state index contributed by atoms with van der Waals surface area (Å²) in [4.78, 5) is 20.4. The minimum Gasteiger partial charge on any atom is -0.478 e. The first kappa shape index (κ1) is 28.3. The zero-order valence-electron chi connectivity index (χ0n) is 19.0. The van der Waals surface area contributed by atoms with Crippen molar-refractivity contribution in [3.8, 4) is 0 Å². The standard InChI is InChI=1S/C11H24O2.2C7H6O2/c1-7(2)10(6-12)11(8(3)4)9(5)13;2*8-7(9)6-4-2-1-3-5-6/h7-13H,6H2,1-5H3;2*1-5H,(H,8,9). The Bertz CT molecular complexity index is 684. The molecule has 0 radical (unpaired) electrons. The number of benzene rings is 2. The molecule has 2 aromatic carbocycles. The average Bonchev–Trinajstić information content (AvgIpc) is 2.73. The molecule has 3 unspecified atom stereocenters. The van der Waals surface area contributed by atoms with E-state index in [9.17, 15) is 19.8 Å². The highest BCUT2D eigenvalue weighted by atomic mass is 16.4. The summed E-state index contributed by atoms with van der Waals surface area (Å²) >= 11 is 0. The lowest BCUT2D eigenvalue weighted by atomic mass is 9.75. The molecular weight excluding hydrogens is 396 g/mol. The van der Waals surface area contributed by atoms with E-state index in [-0.39, 0.29) is 24.5 Å². The molecule has 4 N–H and O–H groups in total. The fourth-order valence-corrected chi connectivity index (χ4v) is 3.35. The van der Waals surface area contributed by atoms with Gasteiger partial charge < -0.3 is 20.4 Å². The molecule has 172 valence electrons. The van der Waals surface area contributed by atoms with Crippen molar-refractivity contribution >= 4 is 11.9 Å². The highest BCUT2D eigenvalue weighted by Crippen LogP contribution is 2.29. The zero-order chi connectivity index (χ0) is 24.0. The van der Waals surface area contributed by atoms with Gasteiger partial charge in [-0.05, 0) is 54.9 Å². The van der Waals surface area contributed by atoms with E-state index in [1.165, 1.54) is 0 Å². The van der Waals surface area contributed by atoms with Crippen LogP contribution in [0.1, 0.15) is 55.3 Å². The predicted octanol–water partition coefficient (Wildman–Crippen LogP) is 4.67. The number of carbonyl (C=O) groups is 2. The molecule has 0 bridgehead atoms. The fourth-order valence-electron chi connectivity index (χ4n) is 3.35. The zero-order valence-corrected chi connectivity index (χ0v) is 19.0. The van der Waals surface area contributed by atoms with Gasteiger partial charge in [0.2, 0.25) is 0 Å². The summed E-state index contributed by atoms with van der Waals surface area (Å²) in [6, 6.07) is 16.6. The lowest BCUT2D eigenvalue weighted by molar-refractivity contribution is 0.0139. The van der Waals surface area contributed by atoms with Crippen LogP contribution in [0.2, 0.25) is 0 Å². The molecule has 6 heteroatoms. The topological polar surface area (TPSA) is 115 Å². The van der Waals surface area contributed by atoms with Gasteiger partial charge in [-0.25, -0.2) is 9.59 Å². The molecule has 0 aliphatic rings. The van der Waals surface area contributed by atoms with E-state index in [0.717, 1.165) is 0 Å².